The zero-order valence-corrected chi connectivity index (χ0v) is 11.0. The maximum absolute atomic E-state index is 12.3. The molecule has 0 spiro atoms. The molecule has 94 valence electrons. The van der Waals surface area contributed by atoms with Crippen LogP contribution in [0.1, 0.15) is 27.3 Å². The lowest BCUT2D eigenvalue weighted by Crippen LogP contribution is -2.15. The minimum absolute atomic E-state index is 0.119. The molecule has 0 aliphatic heterocycles. The summed E-state index contributed by atoms with van der Waals surface area (Å²) in [6.45, 7) is 5.77. The molecule has 2 aromatic rings. The number of carbonyl (C=O) groups excluding carboxylic acids is 1. The Bertz CT molecular complexity index is 583. The molecule has 1 aromatic heterocycles. The molecule has 1 aromatic carbocycles. The number of aryl methyl sites for hydroxylation is 1. The van der Waals surface area contributed by atoms with Gasteiger partial charge < -0.3 is 4.74 Å². The summed E-state index contributed by atoms with van der Waals surface area (Å²) >= 11 is 0. The molecule has 0 aliphatic rings. The van der Waals surface area contributed by atoms with E-state index in [9.17, 15) is 4.79 Å². The van der Waals surface area contributed by atoms with Crippen molar-refractivity contribution in [1.29, 1.82) is 0 Å². The lowest BCUT2D eigenvalue weighted by molar-refractivity contribution is 0.0942. The van der Waals surface area contributed by atoms with Crippen LogP contribution in [-0.2, 0) is 0 Å². The van der Waals surface area contributed by atoms with E-state index in [4.69, 9.17) is 4.74 Å². The van der Waals surface area contributed by atoms with Crippen molar-refractivity contribution < 1.29 is 9.53 Å². The molecule has 0 saturated carbocycles. The first-order valence-electron chi connectivity index (χ1n) is 5.76. The van der Waals surface area contributed by atoms with Gasteiger partial charge in [-0.2, -0.15) is 5.10 Å². The van der Waals surface area contributed by atoms with Crippen LogP contribution in [0, 0.1) is 20.8 Å². The third kappa shape index (κ3) is 2.01. The van der Waals surface area contributed by atoms with Gasteiger partial charge in [0, 0.05) is 11.3 Å². The van der Waals surface area contributed by atoms with Gasteiger partial charge in [-0.15, -0.1) is 0 Å². The zero-order valence-electron chi connectivity index (χ0n) is 11.0. The molecule has 0 N–H and O–H groups in total. The SMILES string of the molecule is COc1ccc(C(=O)n2nc(C)c(C)c2C)cc1. The molecule has 18 heavy (non-hydrogen) atoms. The third-order valence-electron chi connectivity index (χ3n) is 3.18. The van der Waals surface area contributed by atoms with Crippen molar-refractivity contribution in [3.05, 3.63) is 46.8 Å². The summed E-state index contributed by atoms with van der Waals surface area (Å²) < 4.78 is 6.52. The van der Waals surface area contributed by atoms with Crippen molar-refractivity contribution >= 4 is 5.91 Å². The smallest absolute Gasteiger partial charge is 0.278 e. The fourth-order valence-electron chi connectivity index (χ4n) is 1.77. The molecule has 4 heteroatoms. The number of aromatic nitrogens is 2. The fraction of sp³-hybridized carbons (Fsp3) is 0.286. The van der Waals surface area contributed by atoms with E-state index in [1.54, 1.807) is 31.4 Å². The van der Waals surface area contributed by atoms with Crippen molar-refractivity contribution in [3.63, 3.8) is 0 Å². The Balaban J connectivity index is 2.38. The molecule has 4 nitrogen and oxygen atoms in total. The molecule has 0 atom stereocenters. The number of nitrogens with zero attached hydrogens (tertiary/aromatic N) is 2. The van der Waals surface area contributed by atoms with Crippen LogP contribution in [0.4, 0.5) is 0 Å². The Morgan fingerprint density at radius 3 is 2.22 bits per heavy atom. The lowest BCUT2D eigenvalue weighted by Gasteiger charge is -2.04. The van der Waals surface area contributed by atoms with Gasteiger partial charge in [0.15, 0.2) is 0 Å². The van der Waals surface area contributed by atoms with E-state index in [0.717, 1.165) is 22.7 Å². The van der Waals surface area contributed by atoms with Crippen LogP contribution in [0.5, 0.6) is 5.75 Å². The second kappa shape index (κ2) is 4.64. The van der Waals surface area contributed by atoms with Gasteiger partial charge in [0.2, 0.25) is 0 Å². The van der Waals surface area contributed by atoms with Gasteiger partial charge in [0.25, 0.3) is 5.91 Å². The van der Waals surface area contributed by atoms with Crippen molar-refractivity contribution in [1.82, 2.24) is 9.78 Å². The van der Waals surface area contributed by atoms with E-state index < -0.39 is 0 Å². The highest BCUT2D eigenvalue weighted by molar-refractivity contribution is 5.96. The fourth-order valence-corrected chi connectivity index (χ4v) is 1.77. The van der Waals surface area contributed by atoms with E-state index in [-0.39, 0.29) is 5.91 Å². The predicted molar refractivity (Wildman–Crippen MR) is 69.2 cm³/mol. The van der Waals surface area contributed by atoms with Gasteiger partial charge in [-0.05, 0) is 50.6 Å². The quantitative estimate of drug-likeness (QED) is 0.815. The average molecular weight is 244 g/mol. The highest BCUT2D eigenvalue weighted by Crippen LogP contribution is 2.15. The Morgan fingerprint density at radius 1 is 1.17 bits per heavy atom. The van der Waals surface area contributed by atoms with E-state index in [0.29, 0.717) is 5.56 Å². The Labute approximate surface area is 106 Å². The van der Waals surface area contributed by atoms with Crippen molar-refractivity contribution in [2.75, 3.05) is 7.11 Å². The molecule has 0 bridgehead atoms. The minimum Gasteiger partial charge on any atom is -0.497 e. The lowest BCUT2D eigenvalue weighted by atomic mass is 10.2. The van der Waals surface area contributed by atoms with Crippen LogP contribution >= 0.6 is 0 Å². The zero-order chi connectivity index (χ0) is 13.3. The molecule has 0 aliphatic carbocycles. The molecular formula is C14H16N2O2. The molecule has 0 amide bonds. The topological polar surface area (TPSA) is 44.1 Å². The molecule has 0 unspecified atom stereocenters. The highest BCUT2D eigenvalue weighted by atomic mass is 16.5. The van der Waals surface area contributed by atoms with Crippen LogP contribution in [0.25, 0.3) is 0 Å². The first-order chi connectivity index (χ1) is 8.54. The summed E-state index contributed by atoms with van der Waals surface area (Å²) in [7, 11) is 1.60. The van der Waals surface area contributed by atoms with Gasteiger partial charge in [-0.25, -0.2) is 4.68 Å². The predicted octanol–water partition coefficient (Wildman–Crippen LogP) is 2.51. The molecule has 1 heterocycles. The number of benzene rings is 1. The number of hydrogen-bond donors (Lipinski definition) is 0. The van der Waals surface area contributed by atoms with Crippen molar-refractivity contribution in [3.8, 4) is 5.75 Å². The first kappa shape index (κ1) is 12.4. The Hall–Kier alpha value is -2.10. The number of rotatable bonds is 2. The molecular weight excluding hydrogens is 228 g/mol. The molecule has 0 radical (unpaired) electrons. The van der Waals surface area contributed by atoms with Crippen LogP contribution in [0.3, 0.4) is 0 Å². The van der Waals surface area contributed by atoms with Crippen LogP contribution in [-0.4, -0.2) is 22.8 Å². The number of hydrogen-bond acceptors (Lipinski definition) is 3. The Morgan fingerprint density at radius 2 is 1.78 bits per heavy atom. The summed E-state index contributed by atoms with van der Waals surface area (Å²) in [5, 5.41) is 4.26. The largest absolute Gasteiger partial charge is 0.497 e. The van der Waals surface area contributed by atoms with E-state index in [1.807, 2.05) is 20.8 Å². The van der Waals surface area contributed by atoms with E-state index in [1.165, 1.54) is 4.68 Å². The summed E-state index contributed by atoms with van der Waals surface area (Å²) in [5.74, 6) is 0.613. The number of ether oxygens (including phenoxy) is 1. The maximum Gasteiger partial charge on any atom is 0.278 e. The van der Waals surface area contributed by atoms with Crippen LogP contribution in [0.15, 0.2) is 24.3 Å². The van der Waals surface area contributed by atoms with Gasteiger partial charge in [0.05, 0.1) is 12.8 Å². The highest BCUT2D eigenvalue weighted by Gasteiger charge is 2.15. The Kier molecular flexibility index (Phi) is 3.19. The monoisotopic (exact) mass is 244 g/mol. The summed E-state index contributed by atoms with van der Waals surface area (Å²) in [4.78, 5) is 12.3. The van der Waals surface area contributed by atoms with Gasteiger partial charge >= 0.3 is 0 Å². The van der Waals surface area contributed by atoms with Crippen molar-refractivity contribution in [2.45, 2.75) is 20.8 Å². The van der Waals surface area contributed by atoms with Gasteiger partial charge in [0.1, 0.15) is 5.75 Å². The third-order valence-corrected chi connectivity index (χ3v) is 3.18. The van der Waals surface area contributed by atoms with Crippen molar-refractivity contribution in [2.24, 2.45) is 0 Å². The van der Waals surface area contributed by atoms with E-state index >= 15 is 0 Å². The first-order valence-corrected chi connectivity index (χ1v) is 5.76. The van der Waals surface area contributed by atoms with E-state index in [2.05, 4.69) is 5.10 Å². The van der Waals surface area contributed by atoms with Gasteiger partial charge in [-0.1, -0.05) is 0 Å². The molecule has 0 fully saturated rings. The molecule has 0 saturated heterocycles. The molecule has 2 rings (SSSR count). The maximum atomic E-state index is 12.3. The summed E-state index contributed by atoms with van der Waals surface area (Å²) in [6.07, 6.45) is 0. The number of carbonyl (C=O) groups is 1. The van der Waals surface area contributed by atoms with Crippen LogP contribution < -0.4 is 4.74 Å². The second-order valence-corrected chi connectivity index (χ2v) is 4.24. The minimum atomic E-state index is -0.119. The average Bonchev–Trinajstić information content (AvgIpc) is 2.66. The summed E-state index contributed by atoms with van der Waals surface area (Å²) in [5.41, 5.74) is 3.42. The van der Waals surface area contributed by atoms with Crippen LogP contribution in [0.2, 0.25) is 0 Å². The standard InChI is InChI=1S/C14H16N2O2/c1-9-10(2)15-16(11(9)3)14(17)12-5-7-13(18-4)8-6-12/h5-8H,1-4H3. The van der Waals surface area contributed by atoms with Gasteiger partial charge in [-0.3, -0.25) is 4.79 Å². The summed E-state index contributed by atoms with van der Waals surface area (Å²) in [6, 6.07) is 7.03. The number of methoxy groups -OCH3 is 1. The second-order valence-electron chi connectivity index (χ2n) is 4.24. The normalized spacial score (nSPS) is 10.4.